The Morgan fingerprint density at radius 3 is 0.831 bits per heavy atom. The number of carbonyl (C=O) groups excluding carboxylic acids is 3. The van der Waals surface area contributed by atoms with Crippen LogP contribution in [0.4, 0.5) is 0 Å². The first-order valence-corrected chi connectivity index (χ1v) is 35.7. The summed E-state index contributed by atoms with van der Waals surface area (Å²) in [6.07, 6.45) is 96.4. The minimum absolute atomic E-state index is 0.0940. The van der Waals surface area contributed by atoms with Crippen LogP contribution in [0.25, 0.3) is 0 Å². The van der Waals surface area contributed by atoms with Gasteiger partial charge in [0.25, 0.3) is 0 Å². The predicted octanol–water partition coefficient (Wildman–Crippen LogP) is 24.8. The Bertz CT molecular complexity index is 1610. The highest BCUT2D eigenvalue weighted by atomic mass is 16.6. The van der Waals surface area contributed by atoms with Gasteiger partial charge in [-0.3, -0.25) is 14.4 Å². The van der Waals surface area contributed by atoms with E-state index in [0.717, 1.165) is 96.3 Å². The van der Waals surface area contributed by atoms with Crippen molar-refractivity contribution in [3.63, 3.8) is 0 Å². The molecule has 0 N–H and O–H groups in total. The third-order valence-corrected chi connectivity index (χ3v) is 15.6. The first-order chi connectivity index (χ1) is 41.0. The smallest absolute Gasteiger partial charge is 0.310 e. The van der Waals surface area contributed by atoms with E-state index in [1.807, 2.05) is 6.08 Å². The van der Waals surface area contributed by atoms with Gasteiger partial charge in [-0.2, -0.15) is 0 Å². The molecule has 1 atom stereocenters. The molecule has 0 saturated heterocycles. The standard InChI is InChI=1S/C77H134O6/c1-4-7-10-13-16-19-22-25-28-29-30-31-32-33-34-35-36-37-38-39-40-41-42-43-44-45-46-47-50-52-55-58-61-64-67-70-76(79)82-73-74(83-77(80)71-68-65-62-59-56-53-49-27-24-21-18-15-12-9-6-3)72-81-75(78)69-66-63-60-57-54-51-48-26-23-20-17-14-11-8-5-2/h9,12,17-18,20-21,26-27,29-30,48-49,56,59,65,68,74H,4-8,10-11,13-16,19,22-25,28,31-47,50-55,57-58,60-64,66-67,69-73H2,1-3H3/b12-9-,20-17-,21-18-,30-29-,48-26-,49-27-,59-56-,68-65-. The lowest BCUT2D eigenvalue weighted by Crippen LogP contribution is -2.30. The topological polar surface area (TPSA) is 78.9 Å². The Labute approximate surface area is 515 Å². The highest BCUT2D eigenvalue weighted by Crippen LogP contribution is 2.18. The second kappa shape index (κ2) is 70.8. The molecule has 0 spiro atoms. The summed E-state index contributed by atoms with van der Waals surface area (Å²) in [7, 11) is 0. The zero-order valence-electron chi connectivity index (χ0n) is 54.9. The molecule has 0 aliphatic rings. The van der Waals surface area contributed by atoms with Crippen molar-refractivity contribution >= 4 is 17.9 Å². The van der Waals surface area contributed by atoms with E-state index in [2.05, 4.69) is 106 Å². The number of hydrogen-bond acceptors (Lipinski definition) is 6. The maximum absolute atomic E-state index is 12.8. The van der Waals surface area contributed by atoms with Gasteiger partial charge in [-0.15, -0.1) is 0 Å². The Morgan fingerprint density at radius 2 is 0.506 bits per heavy atom. The molecule has 0 rings (SSSR count). The lowest BCUT2D eigenvalue weighted by Gasteiger charge is -2.18. The molecule has 478 valence electrons. The number of allylic oxidation sites excluding steroid dienone is 15. The summed E-state index contributed by atoms with van der Waals surface area (Å²) in [5.74, 6) is -1.05. The molecule has 0 bridgehead atoms. The van der Waals surface area contributed by atoms with Crippen LogP contribution in [0.15, 0.2) is 97.2 Å². The molecule has 0 heterocycles. The zero-order valence-corrected chi connectivity index (χ0v) is 54.9. The molecule has 1 unspecified atom stereocenters. The maximum Gasteiger partial charge on any atom is 0.310 e. The van der Waals surface area contributed by atoms with Crippen molar-refractivity contribution in [2.24, 2.45) is 0 Å². The highest BCUT2D eigenvalue weighted by molar-refractivity contribution is 5.72. The lowest BCUT2D eigenvalue weighted by molar-refractivity contribution is -0.166. The van der Waals surface area contributed by atoms with E-state index in [-0.39, 0.29) is 31.6 Å². The van der Waals surface area contributed by atoms with Gasteiger partial charge in [0.2, 0.25) is 0 Å². The molecular formula is C77H134O6. The molecule has 0 fully saturated rings. The fourth-order valence-corrected chi connectivity index (χ4v) is 10.3. The Hall–Kier alpha value is -3.67. The monoisotopic (exact) mass is 1160 g/mol. The van der Waals surface area contributed by atoms with Crippen LogP contribution in [-0.4, -0.2) is 37.2 Å². The van der Waals surface area contributed by atoms with Gasteiger partial charge in [0, 0.05) is 12.8 Å². The van der Waals surface area contributed by atoms with E-state index in [1.54, 1.807) is 6.08 Å². The normalized spacial score (nSPS) is 12.7. The summed E-state index contributed by atoms with van der Waals surface area (Å²) in [4.78, 5) is 38.3. The first-order valence-electron chi connectivity index (χ1n) is 35.7. The largest absolute Gasteiger partial charge is 0.462 e. The quantitative estimate of drug-likeness (QED) is 0.0261. The van der Waals surface area contributed by atoms with E-state index in [0.29, 0.717) is 12.8 Å². The van der Waals surface area contributed by atoms with Gasteiger partial charge in [-0.1, -0.05) is 330 Å². The van der Waals surface area contributed by atoms with Gasteiger partial charge in [-0.05, 0) is 103 Å². The average molecular weight is 1160 g/mol. The molecule has 0 amide bonds. The molecular weight excluding hydrogens is 1020 g/mol. The van der Waals surface area contributed by atoms with Gasteiger partial charge in [0.15, 0.2) is 6.10 Å². The van der Waals surface area contributed by atoms with Crippen LogP contribution in [0.2, 0.25) is 0 Å². The summed E-state index contributed by atoms with van der Waals surface area (Å²) in [6, 6.07) is 0. The number of carbonyl (C=O) groups is 3. The molecule has 0 aliphatic carbocycles. The number of rotatable bonds is 65. The zero-order chi connectivity index (χ0) is 59.9. The van der Waals surface area contributed by atoms with Crippen LogP contribution in [0, 0.1) is 0 Å². The molecule has 0 aromatic rings. The van der Waals surface area contributed by atoms with E-state index < -0.39 is 12.1 Å². The second-order valence-corrected chi connectivity index (χ2v) is 23.8. The lowest BCUT2D eigenvalue weighted by atomic mass is 10.0. The summed E-state index contributed by atoms with van der Waals surface area (Å²) in [5.41, 5.74) is 0. The van der Waals surface area contributed by atoms with Crippen molar-refractivity contribution in [1.29, 1.82) is 0 Å². The Morgan fingerprint density at radius 1 is 0.265 bits per heavy atom. The van der Waals surface area contributed by atoms with Crippen molar-refractivity contribution in [2.75, 3.05) is 13.2 Å². The van der Waals surface area contributed by atoms with Gasteiger partial charge < -0.3 is 14.2 Å². The molecule has 83 heavy (non-hydrogen) atoms. The summed E-state index contributed by atoms with van der Waals surface area (Å²) < 4.78 is 16.8. The van der Waals surface area contributed by atoms with E-state index in [4.69, 9.17) is 14.2 Å². The summed E-state index contributed by atoms with van der Waals surface area (Å²) in [6.45, 7) is 6.44. The van der Waals surface area contributed by atoms with Crippen LogP contribution in [0.1, 0.15) is 355 Å². The average Bonchev–Trinajstić information content (AvgIpc) is 3.50. The van der Waals surface area contributed by atoms with Crippen LogP contribution in [0.5, 0.6) is 0 Å². The predicted molar refractivity (Wildman–Crippen MR) is 362 cm³/mol. The molecule has 0 saturated carbocycles. The fraction of sp³-hybridized carbons (Fsp3) is 0.753. The van der Waals surface area contributed by atoms with Crippen molar-refractivity contribution in [1.82, 2.24) is 0 Å². The maximum atomic E-state index is 12.8. The summed E-state index contributed by atoms with van der Waals surface area (Å²) in [5, 5.41) is 0. The third-order valence-electron chi connectivity index (χ3n) is 15.6. The molecule has 0 aromatic carbocycles. The van der Waals surface area contributed by atoms with Crippen molar-refractivity contribution in [2.45, 2.75) is 361 Å². The third kappa shape index (κ3) is 69.0. The number of hydrogen-bond donors (Lipinski definition) is 0. The number of esters is 3. The summed E-state index contributed by atoms with van der Waals surface area (Å²) >= 11 is 0. The van der Waals surface area contributed by atoms with Gasteiger partial charge >= 0.3 is 17.9 Å². The molecule has 0 aliphatic heterocycles. The Balaban J connectivity index is 4.16. The molecule has 0 radical (unpaired) electrons. The van der Waals surface area contributed by atoms with Crippen LogP contribution >= 0.6 is 0 Å². The van der Waals surface area contributed by atoms with Gasteiger partial charge in [0.1, 0.15) is 13.2 Å². The van der Waals surface area contributed by atoms with E-state index >= 15 is 0 Å². The first kappa shape index (κ1) is 79.3. The minimum atomic E-state index is -0.838. The van der Waals surface area contributed by atoms with Crippen LogP contribution < -0.4 is 0 Å². The Kier molecular flexibility index (Phi) is 67.7. The highest BCUT2D eigenvalue weighted by Gasteiger charge is 2.19. The van der Waals surface area contributed by atoms with Crippen molar-refractivity contribution in [3.05, 3.63) is 97.2 Å². The van der Waals surface area contributed by atoms with E-state index in [9.17, 15) is 14.4 Å². The molecule has 6 nitrogen and oxygen atoms in total. The number of unbranched alkanes of at least 4 members (excludes halogenated alkanes) is 39. The van der Waals surface area contributed by atoms with Crippen LogP contribution in [-0.2, 0) is 28.6 Å². The SMILES string of the molecule is CC/C=C\C/C=C\C/C=C\C/C=C\C/C=C\CC(=O)OC(COC(=O)CCCCCCC/C=C\C/C=C\CCCCC)COC(=O)CCCCCCCCCCCCCCCCCCCCCCCCC/C=C\CCCCCCCCCC. The van der Waals surface area contributed by atoms with Crippen molar-refractivity contribution in [3.8, 4) is 0 Å². The molecule has 6 heteroatoms. The van der Waals surface area contributed by atoms with E-state index in [1.165, 1.54) is 218 Å². The fourth-order valence-electron chi connectivity index (χ4n) is 10.3. The second-order valence-electron chi connectivity index (χ2n) is 23.8. The molecule has 0 aromatic heterocycles. The minimum Gasteiger partial charge on any atom is -0.462 e. The number of ether oxygens (including phenoxy) is 3. The van der Waals surface area contributed by atoms with Crippen LogP contribution in [0.3, 0.4) is 0 Å². The van der Waals surface area contributed by atoms with Crippen molar-refractivity contribution < 1.29 is 28.6 Å². The van der Waals surface area contributed by atoms with Gasteiger partial charge in [0.05, 0.1) is 6.42 Å². The van der Waals surface area contributed by atoms with Gasteiger partial charge in [-0.25, -0.2) is 0 Å².